The Hall–Kier alpha value is -4.32. The lowest BCUT2D eigenvalue weighted by Crippen LogP contribution is -2.41. The number of hydrogen-bond donors (Lipinski definition) is 1. The van der Waals surface area contributed by atoms with Gasteiger partial charge < -0.3 is 19.4 Å². The number of rotatable bonds is 7. The molecule has 6 heteroatoms. The maximum absolute atomic E-state index is 13.3. The molecule has 0 bridgehead atoms. The van der Waals surface area contributed by atoms with Gasteiger partial charge in [-0.2, -0.15) is 0 Å². The summed E-state index contributed by atoms with van der Waals surface area (Å²) in [5, 5.41) is 2.85. The summed E-state index contributed by atoms with van der Waals surface area (Å²) in [7, 11) is 0. The van der Waals surface area contributed by atoms with Crippen molar-refractivity contribution in [1.29, 1.82) is 0 Å². The molecule has 1 atom stereocenters. The average molecular weight is 521 g/mol. The van der Waals surface area contributed by atoms with Gasteiger partial charge in [-0.25, -0.2) is 0 Å². The number of ether oxygens (including phenoxy) is 1. The monoisotopic (exact) mass is 520 g/mol. The van der Waals surface area contributed by atoms with Crippen molar-refractivity contribution in [2.75, 3.05) is 11.9 Å². The van der Waals surface area contributed by atoms with E-state index in [0.29, 0.717) is 17.2 Å². The first-order chi connectivity index (χ1) is 18.9. The summed E-state index contributed by atoms with van der Waals surface area (Å²) >= 11 is 0. The van der Waals surface area contributed by atoms with Gasteiger partial charge in [0, 0.05) is 18.2 Å². The molecule has 2 aliphatic rings. The van der Waals surface area contributed by atoms with E-state index in [4.69, 9.17) is 9.15 Å². The smallest absolute Gasteiger partial charge is 0.291 e. The number of carbonyl (C=O) groups excluding carboxylic acids is 2. The minimum Gasteiger partial charge on any atom is -0.486 e. The highest BCUT2D eigenvalue weighted by Gasteiger charge is 2.39. The summed E-state index contributed by atoms with van der Waals surface area (Å²) in [5.74, 6) is 1.60. The second kappa shape index (κ2) is 10.4. The molecule has 6 rings (SSSR count). The van der Waals surface area contributed by atoms with E-state index >= 15 is 0 Å². The summed E-state index contributed by atoms with van der Waals surface area (Å²) in [6.45, 7) is 4.99. The predicted molar refractivity (Wildman–Crippen MR) is 150 cm³/mol. The van der Waals surface area contributed by atoms with Gasteiger partial charge in [0.05, 0.1) is 6.04 Å². The number of benzene rings is 3. The molecule has 4 aromatic rings. The molecule has 6 nitrogen and oxygen atoms in total. The Morgan fingerprint density at radius 3 is 2.36 bits per heavy atom. The largest absolute Gasteiger partial charge is 0.486 e. The summed E-state index contributed by atoms with van der Waals surface area (Å²) in [6.07, 6.45) is 2.80. The molecule has 1 saturated carbocycles. The summed E-state index contributed by atoms with van der Waals surface area (Å²) in [6, 6.07) is 25.5. The molecule has 1 N–H and O–H groups in total. The highest BCUT2D eigenvalue weighted by atomic mass is 16.5. The first kappa shape index (κ1) is 25.0. The lowest BCUT2D eigenvalue weighted by Gasteiger charge is -2.38. The molecule has 0 radical (unpaired) electrons. The van der Waals surface area contributed by atoms with Crippen LogP contribution < -0.4 is 10.1 Å². The van der Waals surface area contributed by atoms with Crippen molar-refractivity contribution < 1.29 is 18.7 Å². The Bertz CT molecular complexity index is 1500. The molecule has 1 fully saturated rings. The average Bonchev–Trinajstić information content (AvgIpc) is 3.69. The summed E-state index contributed by atoms with van der Waals surface area (Å²) < 4.78 is 11.9. The Balaban J connectivity index is 1.19. The fourth-order valence-electron chi connectivity index (χ4n) is 5.15. The van der Waals surface area contributed by atoms with E-state index in [1.165, 1.54) is 11.1 Å². The first-order valence-electron chi connectivity index (χ1n) is 13.5. The van der Waals surface area contributed by atoms with Gasteiger partial charge in [-0.15, -0.1) is 0 Å². The number of furan rings is 1. The standard InChI is InChI=1S/C33H32N2O4/c1-21-3-7-24(8-4-21)31-29-19-27(14-11-23(29)17-18-35(31)33(37)25-9-10-25)38-20-28-15-16-30(39-28)32(36)34-26-12-5-22(2)6-13-26/h3-8,11-16,19,25,31H,9-10,17-18,20H2,1-2H3,(H,34,36)/t31-/m1/s1. The molecule has 39 heavy (non-hydrogen) atoms. The molecule has 0 saturated heterocycles. The van der Waals surface area contributed by atoms with Gasteiger partial charge in [0.2, 0.25) is 5.91 Å². The van der Waals surface area contributed by atoms with Crippen molar-refractivity contribution >= 4 is 17.5 Å². The summed E-state index contributed by atoms with van der Waals surface area (Å²) in [5.41, 5.74) is 6.49. The van der Waals surface area contributed by atoms with E-state index in [1.807, 2.05) is 37.3 Å². The Morgan fingerprint density at radius 1 is 0.923 bits per heavy atom. The van der Waals surface area contributed by atoms with Crippen molar-refractivity contribution in [3.63, 3.8) is 0 Å². The van der Waals surface area contributed by atoms with E-state index in [1.54, 1.807) is 12.1 Å². The fourth-order valence-corrected chi connectivity index (χ4v) is 5.15. The Labute approximate surface area is 228 Å². The lowest BCUT2D eigenvalue weighted by molar-refractivity contribution is -0.134. The molecule has 0 unspecified atom stereocenters. The maximum Gasteiger partial charge on any atom is 0.291 e. The van der Waals surface area contributed by atoms with Crippen molar-refractivity contribution in [3.05, 3.63) is 118 Å². The molecule has 1 aliphatic heterocycles. The van der Waals surface area contributed by atoms with Crippen LogP contribution in [0.5, 0.6) is 5.75 Å². The quantitative estimate of drug-likeness (QED) is 0.298. The van der Waals surface area contributed by atoms with Gasteiger partial charge in [-0.3, -0.25) is 9.59 Å². The third-order valence-electron chi connectivity index (χ3n) is 7.52. The van der Waals surface area contributed by atoms with Crippen LogP contribution in [-0.2, 0) is 17.8 Å². The number of hydrogen-bond acceptors (Lipinski definition) is 4. The lowest BCUT2D eigenvalue weighted by atomic mass is 9.87. The van der Waals surface area contributed by atoms with Crippen LogP contribution in [0.15, 0.2) is 83.3 Å². The van der Waals surface area contributed by atoms with E-state index in [0.717, 1.165) is 42.5 Å². The molecular formula is C33H32N2O4. The number of carbonyl (C=O) groups is 2. The maximum atomic E-state index is 13.3. The highest BCUT2D eigenvalue weighted by Crippen LogP contribution is 2.41. The molecule has 2 heterocycles. The number of amides is 2. The SMILES string of the molecule is Cc1ccc(NC(=O)c2ccc(COc3ccc4c(c3)[C@@H](c3ccc(C)cc3)N(C(=O)C3CC3)CC4)o2)cc1. The van der Waals surface area contributed by atoms with E-state index in [9.17, 15) is 9.59 Å². The van der Waals surface area contributed by atoms with E-state index in [-0.39, 0.29) is 36.1 Å². The zero-order chi connectivity index (χ0) is 26.9. The van der Waals surface area contributed by atoms with Crippen molar-refractivity contribution in [2.24, 2.45) is 5.92 Å². The summed E-state index contributed by atoms with van der Waals surface area (Å²) in [4.78, 5) is 27.9. The topological polar surface area (TPSA) is 71.8 Å². The van der Waals surface area contributed by atoms with Crippen LogP contribution in [0.25, 0.3) is 0 Å². The number of fused-ring (bicyclic) bond motifs is 1. The van der Waals surface area contributed by atoms with Gasteiger partial charge in [0.1, 0.15) is 18.1 Å². The van der Waals surface area contributed by atoms with Crippen molar-refractivity contribution in [1.82, 2.24) is 4.90 Å². The van der Waals surface area contributed by atoms with Gasteiger partial charge in [0.15, 0.2) is 5.76 Å². The van der Waals surface area contributed by atoms with Crippen molar-refractivity contribution in [3.8, 4) is 5.75 Å². The van der Waals surface area contributed by atoms with Gasteiger partial charge in [0.25, 0.3) is 5.91 Å². The van der Waals surface area contributed by atoms with E-state index < -0.39 is 0 Å². The molecule has 198 valence electrons. The van der Waals surface area contributed by atoms with Crippen LogP contribution in [0.3, 0.4) is 0 Å². The van der Waals surface area contributed by atoms with E-state index in [2.05, 4.69) is 53.5 Å². The third-order valence-corrected chi connectivity index (χ3v) is 7.52. The minimum absolute atomic E-state index is 0.133. The van der Waals surface area contributed by atoms with Crippen LogP contribution in [0.4, 0.5) is 5.69 Å². The van der Waals surface area contributed by atoms with Gasteiger partial charge in [-0.05, 0) is 86.2 Å². The molecule has 0 spiro atoms. The molecule has 2 amide bonds. The number of nitrogens with one attached hydrogen (secondary N) is 1. The molecular weight excluding hydrogens is 488 g/mol. The van der Waals surface area contributed by atoms with Crippen LogP contribution in [-0.4, -0.2) is 23.3 Å². The van der Waals surface area contributed by atoms with Crippen LogP contribution >= 0.6 is 0 Å². The minimum atomic E-state index is -0.305. The molecule has 1 aromatic heterocycles. The van der Waals surface area contributed by atoms with Crippen molar-refractivity contribution in [2.45, 2.75) is 45.8 Å². The molecule has 1 aliphatic carbocycles. The highest BCUT2D eigenvalue weighted by molar-refractivity contribution is 6.02. The van der Waals surface area contributed by atoms with Crippen LogP contribution in [0, 0.1) is 19.8 Å². The Kier molecular flexibility index (Phi) is 6.69. The second-order valence-electron chi connectivity index (χ2n) is 10.6. The zero-order valence-corrected chi connectivity index (χ0v) is 22.3. The number of aryl methyl sites for hydroxylation is 2. The number of anilines is 1. The zero-order valence-electron chi connectivity index (χ0n) is 22.3. The number of nitrogens with zero attached hydrogens (tertiary/aromatic N) is 1. The second-order valence-corrected chi connectivity index (χ2v) is 10.6. The van der Waals surface area contributed by atoms with Gasteiger partial charge >= 0.3 is 0 Å². The van der Waals surface area contributed by atoms with Crippen LogP contribution in [0.1, 0.15) is 63.0 Å². The molecule has 3 aromatic carbocycles. The van der Waals surface area contributed by atoms with Crippen LogP contribution in [0.2, 0.25) is 0 Å². The van der Waals surface area contributed by atoms with Gasteiger partial charge in [-0.1, -0.05) is 53.6 Å². The first-order valence-corrected chi connectivity index (χ1v) is 13.5. The Morgan fingerprint density at radius 2 is 1.64 bits per heavy atom. The predicted octanol–water partition coefficient (Wildman–Crippen LogP) is 6.61. The fraction of sp³-hybridized carbons (Fsp3) is 0.273. The normalized spacial score (nSPS) is 16.5. The third kappa shape index (κ3) is 5.46.